The van der Waals surface area contributed by atoms with E-state index >= 15 is 0 Å². The first-order chi connectivity index (χ1) is 11.6. The van der Waals surface area contributed by atoms with Crippen LogP contribution >= 0.6 is 0 Å². The molecule has 0 saturated carbocycles. The van der Waals surface area contributed by atoms with Gasteiger partial charge in [-0.05, 0) is 31.4 Å². The Balaban J connectivity index is 2.17. The highest BCUT2D eigenvalue weighted by Gasteiger charge is 2.16. The van der Waals surface area contributed by atoms with Gasteiger partial charge >= 0.3 is 5.97 Å². The maximum absolute atomic E-state index is 11.3. The van der Waals surface area contributed by atoms with Crippen molar-refractivity contribution in [3.05, 3.63) is 35.9 Å². The Kier molecular flexibility index (Phi) is 11.2. The van der Waals surface area contributed by atoms with Crippen molar-refractivity contribution in [2.75, 3.05) is 6.54 Å². The van der Waals surface area contributed by atoms with E-state index in [2.05, 4.69) is 24.4 Å². The molecule has 0 fully saturated rings. The van der Waals surface area contributed by atoms with Gasteiger partial charge in [-0.25, -0.2) is 0 Å². The van der Waals surface area contributed by atoms with E-state index in [9.17, 15) is 9.90 Å². The van der Waals surface area contributed by atoms with E-state index in [1.165, 1.54) is 31.2 Å². The molecule has 0 saturated heterocycles. The molecule has 2 unspecified atom stereocenters. The molecule has 4 nitrogen and oxygen atoms in total. The number of carboxylic acids is 1. The third-order valence-electron chi connectivity index (χ3n) is 4.39. The van der Waals surface area contributed by atoms with Crippen LogP contribution in [0.15, 0.2) is 30.3 Å². The van der Waals surface area contributed by atoms with Gasteiger partial charge in [0.2, 0.25) is 0 Å². The van der Waals surface area contributed by atoms with E-state index < -0.39 is 12.0 Å². The summed E-state index contributed by atoms with van der Waals surface area (Å²) < 4.78 is 0. The van der Waals surface area contributed by atoms with Gasteiger partial charge in [-0.15, -0.1) is 0 Å². The molecule has 0 radical (unpaired) electrons. The maximum Gasteiger partial charge on any atom is 0.320 e. The van der Waals surface area contributed by atoms with E-state index in [1.807, 2.05) is 18.2 Å². The van der Waals surface area contributed by atoms with Crippen LogP contribution in [0.1, 0.15) is 63.9 Å². The molecule has 1 aromatic carbocycles. The molecule has 0 aliphatic carbocycles. The number of hydrogen-bond donors (Lipinski definition) is 3. The second-order valence-corrected chi connectivity index (χ2v) is 6.64. The van der Waals surface area contributed by atoms with Gasteiger partial charge in [0.15, 0.2) is 0 Å². The monoisotopic (exact) mass is 334 g/mol. The Hall–Kier alpha value is -1.39. The van der Waals surface area contributed by atoms with Crippen LogP contribution in [0.25, 0.3) is 0 Å². The van der Waals surface area contributed by atoms with Crippen LogP contribution in [0.5, 0.6) is 0 Å². The average Bonchev–Trinajstić information content (AvgIpc) is 2.57. The lowest BCUT2D eigenvalue weighted by Gasteiger charge is -2.17. The first kappa shape index (κ1) is 20.7. The van der Waals surface area contributed by atoms with E-state index in [0.717, 1.165) is 25.7 Å². The minimum absolute atomic E-state index is 0.0587. The second-order valence-electron chi connectivity index (χ2n) is 6.64. The van der Waals surface area contributed by atoms with Crippen LogP contribution < -0.4 is 11.1 Å². The summed E-state index contributed by atoms with van der Waals surface area (Å²) in [4.78, 5) is 11.3. The predicted molar refractivity (Wildman–Crippen MR) is 100 cm³/mol. The Morgan fingerprint density at radius 2 is 1.75 bits per heavy atom. The standard InChI is InChI=1S/C20H34N2O2/c1-2-3-4-5-6-10-13-19(20(23)24)22-15-14-18(21)16-17-11-8-7-9-12-17/h7-9,11-12,18-19,22H,2-6,10,13-16,21H2,1H3,(H,23,24). The minimum Gasteiger partial charge on any atom is -0.480 e. The summed E-state index contributed by atoms with van der Waals surface area (Å²) in [5, 5.41) is 12.5. The third kappa shape index (κ3) is 9.68. The molecule has 0 amide bonds. The average molecular weight is 335 g/mol. The number of carbonyl (C=O) groups is 1. The van der Waals surface area contributed by atoms with Crippen LogP contribution in [0.2, 0.25) is 0 Å². The fourth-order valence-corrected chi connectivity index (χ4v) is 2.90. The van der Waals surface area contributed by atoms with Crippen molar-refractivity contribution in [2.24, 2.45) is 5.73 Å². The zero-order valence-electron chi connectivity index (χ0n) is 15.0. The summed E-state index contributed by atoms with van der Waals surface area (Å²) >= 11 is 0. The van der Waals surface area contributed by atoms with Crippen molar-refractivity contribution in [2.45, 2.75) is 76.8 Å². The highest BCUT2D eigenvalue weighted by atomic mass is 16.4. The molecular weight excluding hydrogens is 300 g/mol. The molecule has 4 N–H and O–H groups in total. The fraction of sp³-hybridized carbons (Fsp3) is 0.650. The topological polar surface area (TPSA) is 75.3 Å². The second kappa shape index (κ2) is 13.0. The van der Waals surface area contributed by atoms with E-state index in [1.54, 1.807) is 0 Å². The fourth-order valence-electron chi connectivity index (χ4n) is 2.90. The number of aliphatic carboxylic acids is 1. The van der Waals surface area contributed by atoms with Crippen LogP contribution in [-0.4, -0.2) is 29.7 Å². The van der Waals surface area contributed by atoms with Crippen molar-refractivity contribution in [3.63, 3.8) is 0 Å². The van der Waals surface area contributed by atoms with Crippen LogP contribution in [0.3, 0.4) is 0 Å². The molecule has 0 bridgehead atoms. The molecular formula is C20H34N2O2. The molecule has 0 aliphatic heterocycles. The number of benzene rings is 1. The lowest BCUT2D eigenvalue weighted by atomic mass is 10.0. The van der Waals surface area contributed by atoms with E-state index in [4.69, 9.17) is 5.73 Å². The molecule has 2 atom stereocenters. The number of unbranched alkanes of at least 4 members (excludes halogenated alkanes) is 5. The predicted octanol–water partition coefficient (Wildman–Crippen LogP) is 3.74. The summed E-state index contributed by atoms with van der Waals surface area (Å²) in [6.07, 6.45) is 9.41. The largest absolute Gasteiger partial charge is 0.480 e. The lowest BCUT2D eigenvalue weighted by Crippen LogP contribution is -2.39. The van der Waals surface area contributed by atoms with Crippen molar-refractivity contribution in [1.29, 1.82) is 0 Å². The Morgan fingerprint density at radius 3 is 2.42 bits per heavy atom. The number of carboxylic acid groups (broad SMARTS) is 1. The molecule has 0 spiro atoms. The first-order valence-corrected chi connectivity index (χ1v) is 9.39. The van der Waals surface area contributed by atoms with Crippen molar-refractivity contribution in [1.82, 2.24) is 5.32 Å². The van der Waals surface area contributed by atoms with Gasteiger partial charge in [0.1, 0.15) is 6.04 Å². The summed E-state index contributed by atoms with van der Waals surface area (Å²) in [6, 6.07) is 9.79. The smallest absolute Gasteiger partial charge is 0.320 e. The minimum atomic E-state index is -0.750. The highest BCUT2D eigenvalue weighted by Crippen LogP contribution is 2.09. The zero-order valence-corrected chi connectivity index (χ0v) is 15.0. The van der Waals surface area contributed by atoms with Gasteiger partial charge in [-0.3, -0.25) is 4.79 Å². The quantitative estimate of drug-likeness (QED) is 0.453. The van der Waals surface area contributed by atoms with Gasteiger partial charge in [0.05, 0.1) is 0 Å². The highest BCUT2D eigenvalue weighted by molar-refractivity contribution is 5.73. The van der Waals surface area contributed by atoms with Crippen molar-refractivity contribution < 1.29 is 9.90 Å². The molecule has 0 aliphatic rings. The van der Waals surface area contributed by atoms with Gasteiger partial charge in [-0.1, -0.05) is 75.8 Å². The van der Waals surface area contributed by atoms with Crippen LogP contribution in [0, 0.1) is 0 Å². The number of rotatable bonds is 14. The van der Waals surface area contributed by atoms with Crippen molar-refractivity contribution >= 4 is 5.97 Å². The summed E-state index contributed by atoms with van der Waals surface area (Å²) in [6.45, 7) is 2.85. The molecule has 1 rings (SSSR count). The van der Waals surface area contributed by atoms with Crippen molar-refractivity contribution in [3.8, 4) is 0 Å². The molecule has 24 heavy (non-hydrogen) atoms. The van der Waals surface area contributed by atoms with Gasteiger partial charge in [0, 0.05) is 6.04 Å². The summed E-state index contributed by atoms with van der Waals surface area (Å²) in [5.74, 6) is -0.750. The van der Waals surface area contributed by atoms with Gasteiger partial charge in [0.25, 0.3) is 0 Å². The SMILES string of the molecule is CCCCCCCCC(NCCC(N)Cc1ccccc1)C(=O)O. The summed E-state index contributed by atoms with van der Waals surface area (Å²) in [5.41, 5.74) is 7.38. The van der Waals surface area contributed by atoms with E-state index in [-0.39, 0.29) is 6.04 Å². The van der Waals surface area contributed by atoms with Gasteiger partial charge < -0.3 is 16.2 Å². The van der Waals surface area contributed by atoms with Gasteiger partial charge in [-0.2, -0.15) is 0 Å². The molecule has 4 heteroatoms. The molecule has 0 heterocycles. The Bertz CT molecular complexity index is 437. The normalized spacial score (nSPS) is 13.6. The van der Waals surface area contributed by atoms with E-state index in [0.29, 0.717) is 13.0 Å². The lowest BCUT2D eigenvalue weighted by molar-refractivity contribution is -0.139. The first-order valence-electron chi connectivity index (χ1n) is 9.39. The summed E-state index contributed by atoms with van der Waals surface area (Å²) in [7, 11) is 0. The molecule has 1 aromatic rings. The zero-order chi connectivity index (χ0) is 17.6. The molecule has 0 aromatic heterocycles. The number of nitrogens with two attached hydrogens (primary N) is 1. The molecule has 136 valence electrons. The number of nitrogens with one attached hydrogen (secondary N) is 1. The van der Waals surface area contributed by atoms with Crippen LogP contribution in [0.4, 0.5) is 0 Å². The third-order valence-corrected chi connectivity index (χ3v) is 4.39. The Labute approximate surface area is 146 Å². The maximum atomic E-state index is 11.3. The number of hydrogen-bond acceptors (Lipinski definition) is 3. The Morgan fingerprint density at radius 1 is 1.08 bits per heavy atom. The van der Waals surface area contributed by atoms with Crippen LogP contribution in [-0.2, 0) is 11.2 Å².